The van der Waals surface area contributed by atoms with Crippen molar-refractivity contribution in [1.29, 1.82) is 0 Å². The Labute approximate surface area is 96.4 Å². The summed E-state index contributed by atoms with van der Waals surface area (Å²) in [5, 5.41) is 3.41. The molecule has 0 amide bonds. The van der Waals surface area contributed by atoms with Gasteiger partial charge in [-0.25, -0.2) is 4.98 Å². The molecule has 1 atom stereocenters. The van der Waals surface area contributed by atoms with E-state index in [1.54, 1.807) is 12.4 Å². The number of hydrogen-bond donors (Lipinski definition) is 1. The molecule has 0 aromatic carbocycles. The van der Waals surface area contributed by atoms with E-state index in [2.05, 4.69) is 15.3 Å². The van der Waals surface area contributed by atoms with Crippen LogP contribution < -0.4 is 10.1 Å². The first-order chi connectivity index (χ1) is 7.86. The molecule has 1 N–H and O–H groups in total. The lowest BCUT2D eigenvalue weighted by molar-refractivity contribution is 0.245. The monoisotopic (exact) mass is 221 g/mol. The fourth-order valence-electron chi connectivity index (χ4n) is 2.03. The summed E-state index contributed by atoms with van der Waals surface area (Å²) in [6.45, 7) is 4.96. The van der Waals surface area contributed by atoms with Gasteiger partial charge in [-0.15, -0.1) is 0 Å². The summed E-state index contributed by atoms with van der Waals surface area (Å²) >= 11 is 0. The second kappa shape index (κ2) is 5.80. The molecule has 0 aliphatic carbocycles. The van der Waals surface area contributed by atoms with E-state index in [4.69, 9.17) is 4.74 Å². The van der Waals surface area contributed by atoms with E-state index in [0.717, 1.165) is 31.2 Å². The minimum absolute atomic E-state index is 0.672. The number of hydrogen-bond acceptors (Lipinski definition) is 4. The maximum atomic E-state index is 5.64. The molecular weight excluding hydrogens is 202 g/mol. The SMILES string of the molecule is Cc1nccnc1OCCC1CCCNC1. The summed E-state index contributed by atoms with van der Waals surface area (Å²) in [5.41, 5.74) is 0.865. The highest BCUT2D eigenvalue weighted by Gasteiger charge is 2.13. The smallest absolute Gasteiger partial charge is 0.235 e. The van der Waals surface area contributed by atoms with Crippen LogP contribution in [0.3, 0.4) is 0 Å². The second-order valence-electron chi connectivity index (χ2n) is 4.30. The van der Waals surface area contributed by atoms with Gasteiger partial charge in [-0.2, -0.15) is 0 Å². The van der Waals surface area contributed by atoms with E-state index in [9.17, 15) is 0 Å². The molecule has 1 unspecified atom stereocenters. The van der Waals surface area contributed by atoms with Gasteiger partial charge in [-0.3, -0.25) is 4.98 Å². The van der Waals surface area contributed by atoms with E-state index >= 15 is 0 Å². The van der Waals surface area contributed by atoms with Gasteiger partial charge in [0.15, 0.2) is 0 Å². The van der Waals surface area contributed by atoms with Crippen molar-refractivity contribution in [2.75, 3.05) is 19.7 Å². The van der Waals surface area contributed by atoms with E-state index < -0.39 is 0 Å². The van der Waals surface area contributed by atoms with Gasteiger partial charge in [0, 0.05) is 12.4 Å². The molecule has 2 heterocycles. The summed E-state index contributed by atoms with van der Waals surface area (Å²) in [7, 11) is 0. The molecule has 0 spiro atoms. The second-order valence-corrected chi connectivity index (χ2v) is 4.30. The third-order valence-corrected chi connectivity index (χ3v) is 3.00. The summed E-state index contributed by atoms with van der Waals surface area (Å²) in [6, 6.07) is 0. The predicted octanol–water partition coefficient (Wildman–Crippen LogP) is 1.55. The van der Waals surface area contributed by atoms with Crippen molar-refractivity contribution in [2.45, 2.75) is 26.2 Å². The van der Waals surface area contributed by atoms with Crippen LogP contribution in [0.4, 0.5) is 0 Å². The number of piperidine rings is 1. The van der Waals surface area contributed by atoms with Crippen LogP contribution in [0.5, 0.6) is 5.88 Å². The van der Waals surface area contributed by atoms with Gasteiger partial charge in [0.2, 0.25) is 5.88 Å². The molecule has 1 aromatic rings. The topological polar surface area (TPSA) is 47.0 Å². The van der Waals surface area contributed by atoms with Crippen LogP contribution in [0.2, 0.25) is 0 Å². The Morgan fingerprint density at radius 1 is 1.44 bits per heavy atom. The van der Waals surface area contributed by atoms with Crippen molar-refractivity contribution < 1.29 is 4.74 Å². The lowest BCUT2D eigenvalue weighted by Gasteiger charge is -2.22. The van der Waals surface area contributed by atoms with Crippen LogP contribution in [-0.2, 0) is 0 Å². The lowest BCUT2D eigenvalue weighted by atomic mass is 9.97. The zero-order valence-corrected chi connectivity index (χ0v) is 9.78. The molecule has 2 rings (SSSR count). The molecule has 4 heteroatoms. The van der Waals surface area contributed by atoms with E-state index in [1.165, 1.54) is 19.4 Å². The quantitative estimate of drug-likeness (QED) is 0.838. The molecule has 1 fully saturated rings. The zero-order valence-electron chi connectivity index (χ0n) is 9.78. The molecule has 16 heavy (non-hydrogen) atoms. The molecule has 88 valence electrons. The van der Waals surface area contributed by atoms with E-state index in [0.29, 0.717) is 5.88 Å². The van der Waals surface area contributed by atoms with Gasteiger partial charge in [0.25, 0.3) is 0 Å². The fourth-order valence-corrected chi connectivity index (χ4v) is 2.03. The minimum atomic E-state index is 0.672. The minimum Gasteiger partial charge on any atom is -0.476 e. The molecule has 1 saturated heterocycles. The maximum absolute atomic E-state index is 5.64. The van der Waals surface area contributed by atoms with Gasteiger partial charge < -0.3 is 10.1 Å². The number of ether oxygens (including phenoxy) is 1. The highest BCUT2D eigenvalue weighted by Crippen LogP contribution is 2.15. The fraction of sp³-hybridized carbons (Fsp3) is 0.667. The molecule has 0 bridgehead atoms. The first-order valence-electron chi connectivity index (χ1n) is 5.97. The summed E-state index contributed by atoms with van der Waals surface area (Å²) in [6.07, 6.45) is 7.06. The van der Waals surface area contributed by atoms with E-state index in [1.807, 2.05) is 6.92 Å². The van der Waals surface area contributed by atoms with Crippen LogP contribution in [0.1, 0.15) is 25.0 Å². The number of rotatable bonds is 4. The first kappa shape index (κ1) is 11.3. The highest BCUT2D eigenvalue weighted by atomic mass is 16.5. The van der Waals surface area contributed by atoms with Crippen molar-refractivity contribution in [3.05, 3.63) is 18.1 Å². The van der Waals surface area contributed by atoms with Crippen molar-refractivity contribution in [3.8, 4) is 5.88 Å². The summed E-state index contributed by atoms with van der Waals surface area (Å²) < 4.78 is 5.64. The number of nitrogens with one attached hydrogen (secondary N) is 1. The highest BCUT2D eigenvalue weighted by molar-refractivity contribution is 5.14. The number of nitrogens with zero attached hydrogens (tertiary/aromatic N) is 2. The van der Waals surface area contributed by atoms with Crippen molar-refractivity contribution in [2.24, 2.45) is 5.92 Å². The van der Waals surface area contributed by atoms with Crippen molar-refractivity contribution >= 4 is 0 Å². The Balaban J connectivity index is 1.73. The molecule has 1 aromatic heterocycles. The van der Waals surface area contributed by atoms with Crippen LogP contribution in [0, 0.1) is 12.8 Å². The number of aryl methyl sites for hydroxylation is 1. The summed E-state index contributed by atoms with van der Waals surface area (Å²) in [5.74, 6) is 1.43. The van der Waals surface area contributed by atoms with Crippen LogP contribution in [0.15, 0.2) is 12.4 Å². The van der Waals surface area contributed by atoms with Gasteiger partial charge in [0.1, 0.15) is 0 Å². The Kier molecular flexibility index (Phi) is 4.10. The van der Waals surface area contributed by atoms with Crippen LogP contribution in [0.25, 0.3) is 0 Å². The Hall–Kier alpha value is -1.16. The first-order valence-corrected chi connectivity index (χ1v) is 5.97. The van der Waals surface area contributed by atoms with Crippen LogP contribution >= 0.6 is 0 Å². The normalized spacial score (nSPS) is 20.7. The lowest BCUT2D eigenvalue weighted by Crippen LogP contribution is -2.30. The van der Waals surface area contributed by atoms with Crippen LogP contribution in [-0.4, -0.2) is 29.7 Å². The molecule has 1 aliphatic heterocycles. The van der Waals surface area contributed by atoms with Gasteiger partial charge in [0.05, 0.1) is 12.3 Å². The predicted molar refractivity (Wildman–Crippen MR) is 62.5 cm³/mol. The maximum Gasteiger partial charge on any atom is 0.235 e. The molecule has 0 saturated carbocycles. The standard InChI is InChI=1S/C12H19N3O/c1-10-12(15-7-6-14-10)16-8-4-11-3-2-5-13-9-11/h6-7,11,13H,2-5,8-9H2,1H3. The Morgan fingerprint density at radius 2 is 2.31 bits per heavy atom. The zero-order chi connectivity index (χ0) is 11.2. The molecule has 1 aliphatic rings. The molecular formula is C12H19N3O. The average Bonchev–Trinajstić information content (AvgIpc) is 2.33. The van der Waals surface area contributed by atoms with Gasteiger partial charge in [-0.05, 0) is 45.2 Å². The Bertz CT molecular complexity index is 324. The average molecular weight is 221 g/mol. The van der Waals surface area contributed by atoms with E-state index in [-0.39, 0.29) is 0 Å². The van der Waals surface area contributed by atoms with Gasteiger partial charge >= 0.3 is 0 Å². The number of aromatic nitrogens is 2. The Morgan fingerprint density at radius 3 is 3.06 bits per heavy atom. The largest absolute Gasteiger partial charge is 0.476 e. The third kappa shape index (κ3) is 3.17. The van der Waals surface area contributed by atoms with Crippen molar-refractivity contribution in [1.82, 2.24) is 15.3 Å². The van der Waals surface area contributed by atoms with Crippen molar-refractivity contribution in [3.63, 3.8) is 0 Å². The third-order valence-electron chi connectivity index (χ3n) is 3.00. The summed E-state index contributed by atoms with van der Waals surface area (Å²) in [4.78, 5) is 8.31. The molecule has 0 radical (unpaired) electrons. The van der Waals surface area contributed by atoms with Gasteiger partial charge in [-0.1, -0.05) is 0 Å². The molecule has 4 nitrogen and oxygen atoms in total.